The van der Waals surface area contributed by atoms with Gasteiger partial charge in [0.1, 0.15) is 18.0 Å². The van der Waals surface area contributed by atoms with Crippen LogP contribution in [0.15, 0.2) is 61.1 Å². The molecule has 6 nitrogen and oxygen atoms in total. The smallest absolute Gasteiger partial charge is 0.137 e. The number of benzene rings is 2. The van der Waals surface area contributed by atoms with E-state index in [1.807, 2.05) is 30.5 Å². The molecule has 31 heavy (non-hydrogen) atoms. The van der Waals surface area contributed by atoms with Crippen molar-refractivity contribution in [2.45, 2.75) is 26.4 Å². The van der Waals surface area contributed by atoms with E-state index in [-0.39, 0.29) is 0 Å². The summed E-state index contributed by atoms with van der Waals surface area (Å²) in [6.45, 7) is 4.45. The van der Waals surface area contributed by atoms with Gasteiger partial charge in [0.15, 0.2) is 0 Å². The number of rotatable bonds is 4. The van der Waals surface area contributed by atoms with Crippen LogP contribution in [0, 0.1) is 18.3 Å². The van der Waals surface area contributed by atoms with Gasteiger partial charge in [-0.3, -0.25) is 4.98 Å². The van der Waals surface area contributed by atoms with Crippen molar-refractivity contribution in [3.05, 3.63) is 89.0 Å². The molecule has 0 saturated carbocycles. The summed E-state index contributed by atoms with van der Waals surface area (Å²) in [6, 6.07) is 18.4. The van der Waals surface area contributed by atoms with Crippen LogP contribution in [0.5, 0.6) is 0 Å². The molecule has 0 radical (unpaired) electrons. The van der Waals surface area contributed by atoms with Gasteiger partial charge in [0.25, 0.3) is 0 Å². The van der Waals surface area contributed by atoms with Crippen LogP contribution < -0.4 is 10.2 Å². The maximum absolute atomic E-state index is 9.07. The molecule has 1 aliphatic rings. The highest BCUT2D eigenvalue weighted by molar-refractivity contribution is 5.84. The van der Waals surface area contributed by atoms with Crippen molar-refractivity contribution in [1.82, 2.24) is 15.0 Å². The molecule has 0 spiro atoms. The predicted molar refractivity (Wildman–Crippen MR) is 122 cm³/mol. The van der Waals surface area contributed by atoms with Crippen molar-refractivity contribution >= 4 is 22.4 Å². The fourth-order valence-corrected chi connectivity index (χ4v) is 4.15. The third-order valence-electron chi connectivity index (χ3n) is 5.81. The van der Waals surface area contributed by atoms with Gasteiger partial charge in [-0.1, -0.05) is 24.3 Å². The van der Waals surface area contributed by atoms with Gasteiger partial charge in [-0.25, -0.2) is 9.97 Å². The van der Waals surface area contributed by atoms with E-state index in [1.165, 1.54) is 11.3 Å². The molecule has 1 aliphatic heterocycles. The lowest BCUT2D eigenvalue weighted by Crippen LogP contribution is -2.32. The average Bonchev–Trinajstić information content (AvgIpc) is 2.82. The number of fused-ring (bicyclic) bond motifs is 2. The number of nitriles is 1. The summed E-state index contributed by atoms with van der Waals surface area (Å²) in [5, 5.41) is 14.7. The number of aromatic nitrogens is 3. The van der Waals surface area contributed by atoms with Crippen LogP contribution in [-0.4, -0.2) is 21.5 Å². The summed E-state index contributed by atoms with van der Waals surface area (Å²) in [4.78, 5) is 15.9. The Morgan fingerprint density at radius 3 is 2.84 bits per heavy atom. The first-order valence-electron chi connectivity index (χ1n) is 10.4. The Kier molecular flexibility index (Phi) is 4.93. The standard InChI is InChI=1S/C25H22N6/c1-17-24(28-14-19-5-7-20-11-18(13-26)4-6-21(20)12-19)29-16-30-25(17)31-10-8-23-22(15-31)3-2-9-27-23/h2-7,9,11-12,16H,8,10,14-15H2,1H3,(H,28,29,30). The lowest BCUT2D eigenvalue weighted by Gasteiger charge is -2.30. The van der Waals surface area contributed by atoms with Crippen LogP contribution in [0.3, 0.4) is 0 Å². The van der Waals surface area contributed by atoms with E-state index in [4.69, 9.17) is 5.26 Å². The van der Waals surface area contributed by atoms with Crippen molar-refractivity contribution in [2.75, 3.05) is 16.8 Å². The Bertz CT molecular complexity index is 1310. The van der Waals surface area contributed by atoms with Crippen molar-refractivity contribution < 1.29 is 0 Å². The topological polar surface area (TPSA) is 77.7 Å². The molecular formula is C25H22N6. The van der Waals surface area contributed by atoms with E-state index in [1.54, 1.807) is 6.33 Å². The maximum Gasteiger partial charge on any atom is 0.137 e. The first-order valence-corrected chi connectivity index (χ1v) is 10.4. The maximum atomic E-state index is 9.07. The molecular weight excluding hydrogens is 384 g/mol. The van der Waals surface area contributed by atoms with Gasteiger partial charge in [0.2, 0.25) is 0 Å². The van der Waals surface area contributed by atoms with Crippen molar-refractivity contribution in [2.24, 2.45) is 0 Å². The molecule has 0 fully saturated rings. The minimum atomic E-state index is 0.667. The minimum absolute atomic E-state index is 0.667. The van der Waals surface area contributed by atoms with Crippen LogP contribution in [-0.2, 0) is 19.5 Å². The SMILES string of the molecule is Cc1c(NCc2ccc3cc(C#N)ccc3c2)ncnc1N1CCc2ncccc2C1. The summed E-state index contributed by atoms with van der Waals surface area (Å²) in [5.41, 5.74) is 5.33. The largest absolute Gasteiger partial charge is 0.366 e. The van der Waals surface area contributed by atoms with Gasteiger partial charge in [-0.15, -0.1) is 0 Å². The van der Waals surface area contributed by atoms with E-state index in [0.29, 0.717) is 12.1 Å². The molecule has 0 aliphatic carbocycles. The molecule has 2 aromatic carbocycles. The third-order valence-corrected chi connectivity index (χ3v) is 5.81. The fourth-order valence-electron chi connectivity index (χ4n) is 4.15. The van der Waals surface area contributed by atoms with Crippen molar-refractivity contribution in [3.63, 3.8) is 0 Å². The van der Waals surface area contributed by atoms with Crippen molar-refractivity contribution in [3.8, 4) is 6.07 Å². The fraction of sp³-hybridized carbons (Fsp3) is 0.200. The summed E-state index contributed by atoms with van der Waals surface area (Å²) in [6.07, 6.45) is 4.42. The van der Waals surface area contributed by atoms with E-state index in [9.17, 15) is 0 Å². The number of nitrogens with zero attached hydrogens (tertiary/aromatic N) is 5. The molecule has 3 heterocycles. The number of anilines is 2. The van der Waals surface area contributed by atoms with Crippen LogP contribution in [0.4, 0.5) is 11.6 Å². The molecule has 0 saturated heterocycles. The quantitative estimate of drug-likeness (QED) is 0.542. The summed E-state index contributed by atoms with van der Waals surface area (Å²) < 4.78 is 0. The number of nitrogens with one attached hydrogen (secondary N) is 1. The van der Waals surface area contributed by atoms with E-state index < -0.39 is 0 Å². The predicted octanol–water partition coefficient (Wildman–Crippen LogP) is 4.38. The second kappa shape index (κ2) is 8.04. The van der Waals surface area contributed by atoms with Crippen LogP contribution in [0.25, 0.3) is 10.8 Å². The van der Waals surface area contributed by atoms with E-state index in [2.05, 4.69) is 62.4 Å². The zero-order chi connectivity index (χ0) is 21.2. The highest BCUT2D eigenvalue weighted by atomic mass is 15.2. The number of hydrogen-bond donors (Lipinski definition) is 1. The van der Waals surface area contributed by atoms with Gasteiger partial charge < -0.3 is 10.2 Å². The molecule has 0 amide bonds. The average molecular weight is 406 g/mol. The summed E-state index contributed by atoms with van der Waals surface area (Å²) in [5.74, 6) is 1.82. The van der Waals surface area contributed by atoms with Gasteiger partial charge in [0, 0.05) is 43.5 Å². The van der Waals surface area contributed by atoms with E-state index >= 15 is 0 Å². The molecule has 4 aromatic rings. The second-order valence-electron chi connectivity index (χ2n) is 7.81. The molecule has 0 unspecified atom stereocenters. The van der Waals surface area contributed by atoms with Gasteiger partial charge in [-0.05, 0) is 53.1 Å². The Balaban J connectivity index is 1.34. The Labute approximate surface area is 181 Å². The zero-order valence-electron chi connectivity index (χ0n) is 17.3. The van der Waals surface area contributed by atoms with Crippen LogP contribution >= 0.6 is 0 Å². The monoisotopic (exact) mass is 406 g/mol. The van der Waals surface area contributed by atoms with Crippen LogP contribution in [0.1, 0.15) is 27.9 Å². The molecule has 2 aromatic heterocycles. The molecule has 1 N–H and O–H groups in total. The lowest BCUT2D eigenvalue weighted by molar-refractivity contribution is 0.699. The zero-order valence-corrected chi connectivity index (χ0v) is 17.3. The minimum Gasteiger partial charge on any atom is -0.366 e. The van der Waals surface area contributed by atoms with Crippen LogP contribution in [0.2, 0.25) is 0 Å². The Morgan fingerprint density at radius 2 is 1.94 bits per heavy atom. The summed E-state index contributed by atoms with van der Waals surface area (Å²) in [7, 11) is 0. The molecule has 6 heteroatoms. The highest BCUT2D eigenvalue weighted by Gasteiger charge is 2.20. The second-order valence-corrected chi connectivity index (χ2v) is 7.81. The molecule has 152 valence electrons. The Hall–Kier alpha value is -3.98. The number of pyridine rings is 1. The normalized spacial score (nSPS) is 13.0. The first kappa shape index (κ1) is 19.0. The van der Waals surface area contributed by atoms with E-state index in [0.717, 1.165) is 53.0 Å². The number of hydrogen-bond acceptors (Lipinski definition) is 6. The lowest BCUT2D eigenvalue weighted by atomic mass is 10.0. The van der Waals surface area contributed by atoms with Gasteiger partial charge in [-0.2, -0.15) is 5.26 Å². The highest BCUT2D eigenvalue weighted by Crippen LogP contribution is 2.27. The third kappa shape index (κ3) is 3.78. The molecule has 0 bridgehead atoms. The first-order chi connectivity index (χ1) is 15.2. The molecule has 0 atom stereocenters. The van der Waals surface area contributed by atoms with Gasteiger partial charge >= 0.3 is 0 Å². The van der Waals surface area contributed by atoms with Gasteiger partial charge in [0.05, 0.1) is 11.6 Å². The summed E-state index contributed by atoms with van der Waals surface area (Å²) >= 11 is 0. The van der Waals surface area contributed by atoms with Crippen molar-refractivity contribution in [1.29, 1.82) is 5.26 Å². The molecule has 5 rings (SSSR count). The Morgan fingerprint density at radius 1 is 1.06 bits per heavy atom.